The van der Waals surface area contributed by atoms with Crippen molar-refractivity contribution >= 4 is 28.6 Å². The maximum atomic E-state index is 13.8. The molecule has 1 spiro atoms. The molecular weight excluding hydrogens is 454 g/mol. The van der Waals surface area contributed by atoms with Gasteiger partial charge in [0.15, 0.2) is 11.5 Å². The summed E-state index contributed by atoms with van der Waals surface area (Å²) in [5, 5.41) is 0.737. The van der Waals surface area contributed by atoms with Crippen molar-refractivity contribution in [3.63, 3.8) is 0 Å². The van der Waals surface area contributed by atoms with E-state index in [1.54, 1.807) is 23.1 Å². The summed E-state index contributed by atoms with van der Waals surface area (Å²) in [5.74, 6) is 0.862. The van der Waals surface area contributed by atoms with E-state index < -0.39 is 5.97 Å². The second-order valence-electron chi connectivity index (χ2n) is 9.24. The number of H-pyrrole nitrogens is 2. The highest BCUT2D eigenvalue weighted by molar-refractivity contribution is 6.11. The standard InChI is InChI=1S/C25H21N3O7/c1-32-14-6-9-5-11(26-18(9)22(34-3)21(14)33-2)23(30)28-15-8-13(29)19-10(7-12(27-19)24(31)35-4)25(15)16-17(25)20(16)28/h5-8,16-17,20,26-27H,1-4H3. The molecule has 1 amide bonds. The Labute approximate surface area is 198 Å². The van der Waals surface area contributed by atoms with E-state index >= 15 is 0 Å². The molecule has 3 aliphatic carbocycles. The van der Waals surface area contributed by atoms with Crippen molar-refractivity contribution in [3.05, 3.63) is 52.6 Å². The maximum Gasteiger partial charge on any atom is 0.354 e. The number of fused-ring (bicyclic) bond motifs is 2. The Morgan fingerprint density at radius 1 is 0.943 bits per heavy atom. The zero-order chi connectivity index (χ0) is 24.4. The minimum atomic E-state index is -0.528. The van der Waals surface area contributed by atoms with Crippen molar-refractivity contribution in [3.8, 4) is 17.2 Å². The van der Waals surface area contributed by atoms with Gasteiger partial charge in [0.2, 0.25) is 11.5 Å². The Bertz CT molecular complexity index is 1530. The molecule has 2 N–H and O–H groups in total. The molecule has 2 aliphatic heterocycles. The van der Waals surface area contributed by atoms with Crippen LogP contribution in [-0.4, -0.2) is 67.0 Å². The van der Waals surface area contributed by atoms with Crippen LogP contribution in [0.15, 0.2) is 30.0 Å². The first-order valence-electron chi connectivity index (χ1n) is 11.2. The van der Waals surface area contributed by atoms with Gasteiger partial charge in [-0.25, -0.2) is 4.79 Å². The van der Waals surface area contributed by atoms with Crippen LogP contribution in [0.3, 0.4) is 0 Å². The van der Waals surface area contributed by atoms with Gasteiger partial charge in [-0.2, -0.15) is 0 Å². The third-order valence-corrected chi connectivity index (χ3v) is 7.96. The van der Waals surface area contributed by atoms with Gasteiger partial charge in [0.05, 0.1) is 39.6 Å². The number of aromatic amines is 2. The number of allylic oxidation sites excluding steroid dienone is 2. The first-order chi connectivity index (χ1) is 16.9. The molecule has 0 radical (unpaired) electrons. The largest absolute Gasteiger partial charge is 0.493 e. The number of amides is 1. The summed E-state index contributed by atoms with van der Waals surface area (Å²) in [6.07, 6.45) is 1.53. The molecule has 2 saturated heterocycles. The number of carbonyl (C=O) groups excluding carboxylic acids is 3. The first kappa shape index (κ1) is 20.2. The monoisotopic (exact) mass is 475 g/mol. The Kier molecular flexibility index (Phi) is 3.61. The lowest BCUT2D eigenvalue weighted by Gasteiger charge is -2.23. The van der Waals surface area contributed by atoms with Crippen LogP contribution in [0, 0.1) is 11.8 Å². The number of nitrogens with one attached hydrogen (secondary N) is 2. The zero-order valence-electron chi connectivity index (χ0n) is 19.3. The summed E-state index contributed by atoms with van der Waals surface area (Å²) in [4.78, 5) is 46.6. The van der Waals surface area contributed by atoms with Gasteiger partial charge in [-0.05, 0) is 23.8 Å². The quantitative estimate of drug-likeness (QED) is 0.543. The zero-order valence-corrected chi connectivity index (χ0v) is 19.3. The molecule has 2 unspecified atom stereocenters. The molecule has 10 heteroatoms. The Morgan fingerprint density at radius 3 is 2.34 bits per heavy atom. The fourth-order valence-electron chi connectivity index (χ4n) is 6.49. The summed E-state index contributed by atoms with van der Waals surface area (Å²) < 4.78 is 21.3. The molecule has 8 rings (SSSR count). The van der Waals surface area contributed by atoms with Crippen molar-refractivity contribution in [2.45, 2.75) is 11.5 Å². The van der Waals surface area contributed by atoms with E-state index in [0.29, 0.717) is 39.9 Å². The van der Waals surface area contributed by atoms with Crippen LogP contribution < -0.4 is 14.2 Å². The number of benzene rings is 1. The van der Waals surface area contributed by atoms with Gasteiger partial charge in [-0.1, -0.05) is 0 Å². The van der Waals surface area contributed by atoms with Crippen LogP contribution in [0.4, 0.5) is 0 Å². The number of ketones is 1. The molecule has 5 aliphatic rings. The minimum absolute atomic E-state index is 0.0429. The number of methoxy groups -OCH3 is 4. The molecule has 4 fully saturated rings. The number of nitrogens with zero attached hydrogens (tertiary/aromatic N) is 1. The van der Waals surface area contributed by atoms with Gasteiger partial charge in [0.1, 0.15) is 11.4 Å². The summed E-state index contributed by atoms with van der Waals surface area (Å²) in [6, 6.07) is 5.28. The lowest BCUT2D eigenvalue weighted by Crippen LogP contribution is -2.30. The molecular formula is C25H21N3O7. The summed E-state index contributed by atoms with van der Waals surface area (Å²) in [5.41, 5.74) is 2.75. The van der Waals surface area contributed by atoms with Crippen molar-refractivity contribution in [1.29, 1.82) is 0 Å². The fraction of sp³-hybridized carbons (Fsp3) is 0.320. The minimum Gasteiger partial charge on any atom is -0.493 e. The topological polar surface area (TPSA) is 123 Å². The van der Waals surface area contributed by atoms with E-state index in [1.807, 2.05) is 0 Å². The fourth-order valence-corrected chi connectivity index (χ4v) is 6.49. The molecule has 4 heterocycles. The summed E-state index contributed by atoms with van der Waals surface area (Å²) in [6.45, 7) is 0. The Balaban J connectivity index is 1.29. The van der Waals surface area contributed by atoms with E-state index in [4.69, 9.17) is 18.9 Å². The van der Waals surface area contributed by atoms with Crippen molar-refractivity contribution in [2.75, 3.05) is 28.4 Å². The molecule has 3 aromatic rings. The third-order valence-electron chi connectivity index (χ3n) is 7.96. The van der Waals surface area contributed by atoms with Crippen LogP contribution in [0.2, 0.25) is 0 Å². The van der Waals surface area contributed by atoms with Crippen LogP contribution in [0.1, 0.15) is 37.0 Å². The molecule has 1 aromatic carbocycles. The molecule has 2 bridgehead atoms. The van der Waals surface area contributed by atoms with Gasteiger partial charge in [-0.3, -0.25) is 9.59 Å². The molecule has 35 heavy (non-hydrogen) atoms. The third kappa shape index (κ3) is 2.14. The van der Waals surface area contributed by atoms with Crippen molar-refractivity contribution < 1.29 is 33.3 Å². The van der Waals surface area contributed by atoms with Crippen LogP contribution >= 0.6 is 0 Å². The van der Waals surface area contributed by atoms with Gasteiger partial charge in [0, 0.05) is 40.5 Å². The average Bonchev–Trinajstić information content (AvgIpc) is 3.44. The van der Waals surface area contributed by atoms with Gasteiger partial charge < -0.3 is 33.8 Å². The number of rotatable bonds is 5. The summed E-state index contributed by atoms with van der Waals surface area (Å²) >= 11 is 0. The number of hydrogen-bond donors (Lipinski definition) is 2. The Hall–Kier alpha value is -4.21. The van der Waals surface area contributed by atoms with Gasteiger partial charge in [0.25, 0.3) is 5.91 Å². The van der Waals surface area contributed by atoms with E-state index in [2.05, 4.69) is 9.97 Å². The number of carbonyl (C=O) groups is 3. The second-order valence-corrected chi connectivity index (χ2v) is 9.24. The predicted octanol–water partition coefficient (Wildman–Crippen LogP) is 2.41. The second kappa shape index (κ2) is 6.26. The number of aromatic nitrogens is 2. The van der Waals surface area contributed by atoms with Gasteiger partial charge in [-0.15, -0.1) is 0 Å². The highest BCUT2D eigenvalue weighted by Gasteiger charge is 2.94. The number of ether oxygens (including phenoxy) is 4. The molecule has 2 saturated carbocycles. The van der Waals surface area contributed by atoms with Crippen LogP contribution in [0.25, 0.3) is 10.9 Å². The lowest BCUT2D eigenvalue weighted by molar-refractivity contribution is 0.0594. The normalized spacial score (nSPS) is 26.5. The van der Waals surface area contributed by atoms with Gasteiger partial charge >= 0.3 is 5.97 Å². The van der Waals surface area contributed by atoms with Crippen LogP contribution in [0.5, 0.6) is 17.2 Å². The molecule has 2 aromatic heterocycles. The lowest BCUT2D eigenvalue weighted by atomic mass is 9.81. The van der Waals surface area contributed by atoms with Crippen molar-refractivity contribution in [1.82, 2.24) is 14.9 Å². The molecule has 10 nitrogen and oxygen atoms in total. The predicted molar refractivity (Wildman–Crippen MR) is 121 cm³/mol. The van der Waals surface area contributed by atoms with Crippen LogP contribution in [-0.2, 0) is 10.2 Å². The number of piperidine rings is 1. The molecule has 2 atom stereocenters. The smallest absolute Gasteiger partial charge is 0.354 e. The SMILES string of the molecule is COC(=O)c1cc2c([nH]1)C(=O)C=C1N(C(=O)c3cc4cc(OC)c(OC)c(OC)c4[nH]3)C3C4C3C124. The number of hydrogen-bond acceptors (Lipinski definition) is 7. The van der Waals surface area contributed by atoms with Crippen molar-refractivity contribution in [2.24, 2.45) is 11.8 Å². The van der Waals surface area contributed by atoms with E-state index in [9.17, 15) is 14.4 Å². The highest BCUT2D eigenvalue weighted by Crippen LogP contribution is 2.88. The van der Waals surface area contributed by atoms with E-state index in [-0.39, 0.29) is 40.7 Å². The van der Waals surface area contributed by atoms with E-state index in [1.165, 1.54) is 34.5 Å². The molecule has 178 valence electrons. The van der Waals surface area contributed by atoms with E-state index in [0.717, 1.165) is 10.9 Å². The highest BCUT2D eigenvalue weighted by atomic mass is 16.5. The first-order valence-corrected chi connectivity index (χ1v) is 11.2. The average molecular weight is 475 g/mol. The summed E-state index contributed by atoms with van der Waals surface area (Å²) in [7, 11) is 5.88. The Morgan fingerprint density at radius 2 is 1.69 bits per heavy atom. The number of esters is 1. The maximum absolute atomic E-state index is 13.8.